The summed E-state index contributed by atoms with van der Waals surface area (Å²) in [7, 11) is 0. The summed E-state index contributed by atoms with van der Waals surface area (Å²) in [5.41, 5.74) is 2.72. The molecule has 0 bridgehead atoms. The number of nitrogens with one attached hydrogen (secondary N) is 2. The summed E-state index contributed by atoms with van der Waals surface area (Å²) in [5.74, 6) is -0.0354. The lowest BCUT2D eigenvalue weighted by Crippen LogP contribution is -2.31. The number of hydrogen-bond donors (Lipinski definition) is 2. The first-order chi connectivity index (χ1) is 8.74. The minimum atomic E-state index is -0.350. The summed E-state index contributed by atoms with van der Waals surface area (Å²) in [5, 5.41) is 6.17. The zero-order chi connectivity index (χ0) is 12.5. The average molecular weight is 303 g/mol. The van der Waals surface area contributed by atoms with Crippen molar-refractivity contribution < 1.29 is 4.79 Å². The van der Waals surface area contributed by atoms with Gasteiger partial charge in [0.25, 0.3) is 5.91 Å². The van der Waals surface area contributed by atoms with Crippen molar-refractivity contribution >= 4 is 33.2 Å². The van der Waals surface area contributed by atoms with Crippen molar-refractivity contribution in [3.8, 4) is 0 Å². The number of fused-ring (bicyclic) bond motifs is 1. The van der Waals surface area contributed by atoms with Gasteiger partial charge in [0.1, 0.15) is 6.04 Å². The zero-order valence-corrected chi connectivity index (χ0v) is 11.1. The highest BCUT2D eigenvalue weighted by Gasteiger charge is 2.26. The van der Waals surface area contributed by atoms with Crippen molar-refractivity contribution in [1.82, 2.24) is 0 Å². The van der Waals surface area contributed by atoms with Crippen LogP contribution >= 0.6 is 15.9 Å². The maximum atomic E-state index is 12.1. The fourth-order valence-electron chi connectivity index (χ4n) is 2.06. The number of para-hydroxylation sites is 2. The number of carbonyl (C=O) groups is 1. The quantitative estimate of drug-likeness (QED) is 0.846. The van der Waals surface area contributed by atoms with Crippen LogP contribution in [0.2, 0.25) is 0 Å². The molecule has 0 radical (unpaired) electrons. The normalized spacial score (nSPS) is 17.6. The number of hydrogen-bond acceptors (Lipinski definition) is 2. The molecule has 1 amide bonds. The number of benzene rings is 2. The third-order valence-corrected chi connectivity index (χ3v) is 3.42. The molecule has 1 aliphatic heterocycles. The van der Waals surface area contributed by atoms with E-state index in [4.69, 9.17) is 0 Å². The SMILES string of the molecule is O=C1Nc2ccccc2N[C@@H]1c1cccc(Br)c1. The molecule has 18 heavy (non-hydrogen) atoms. The number of halogens is 1. The molecule has 2 aromatic rings. The van der Waals surface area contributed by atoms with Gasteiger partial charge in [-0.1, -0.05) is 40.2 Å². The van der Waals surface area contributed by atoms with E-state index in [0.29, 0.717) is 0 Å². The van der Waals surface area contributed by atoms with E-state index in [9.17, 15) is 4.79 Å². The third kappa shape index (κ3) is 1.99. The Kier molecular flexibility index (Phi) is 2.80. The van der Waals surface area contributed by atoms with Crippen LogP contribution in [0.3, 0.4) is 0 Å². The molecule has 0 aromatic heterocycles. The molecule has 0 aliphatic carbocycles. The van der Waals surface area contributed by atoms with Gasteiger partial charge in [-0.2, -0.15) is 0 Å². The molecule has 0 spiro atoms. The van der Waals surface area contributed by atoms with E-state index in [-0.39, 0.29) is 11.9 Å². The van der Waals surface area contributed by atoms with E-state index in [1.54, 1.807) is 0 Å². The zero-order valence-electron chi connectivity index (χ0n) is 9.48. The first-order valence-corrected chi connectivity index (χ1v) is 6.45. The van der Waals surface area contributed by atoms with Crippen LogP contribution in [0.25, 0.3) is 0 Å². The molecular weight excluding hydrogens is 292 g/mol. The molecule has 0 fully saturated rings. The Hall–Kier alpha value is -1.81. The minimum absolute atomic E-state index is 0.0354. The van der Waals surface area contributed by atoms with Gasteiger partial charge in [0, 0.05) is 4.47 Å². The van der Waals surface area contributed by atoms with E-state index < -0.39 is 0 Å². The van der Waals surface area contributed by atoms with Gasteiger partial charge in [-0.05, 0) is 29.8 Å². The summed E-state index contributed by atoms with van der Waals surface area (Å²) in [4.78, 5) is 12.1. The van der Waals surface area contributed by atoms with Crippen molar-refractivity contribution in [3.05, 3.63) is 58.6 Å². The highest BCUT2D eigenvalue weighted by Crippen LogP contribution is 2.32. The topological polar surface area (TPSA) is 41.1 Å². The highest BCUT2D eigenvalue weighted by molar-refractivity contribution is 9.10. The molecule has 4 heteroatoms. The monoisotopic (exact) mass is 302 g/mol. The van der Waals surface area contributed by atoms with Crippen LogP contribution in [0.5, 0.6) is 0 Å². The van der Waals surface area contributed by atoms with E-state index in [1.165, 1.54) is 0 Å². The molecule has 3 nitrogen and oxygen atoms in total. The number of carbonyl (C=O) groups excluding carboxylic acids is 1. The van der Waals surface area contributed by atoms with Gasteiger partial charge >= 0.3 is 0 Å². The first kappa shape index (κ1) is 11.3. The Labute approximate surface area is 113 Å². The summed E-state index contributed by atoms with van der Waals surface area (Å²) in [6, 6.07) is 15.1. The Morgan fingerprint density at radius 1 is 1.00 bits per heavy atom. The van der Waals surface area contributed by atoms with Crippen molar-refractivity contribution in [3.63, 3.8) is 0 Å². The minimum Gasteiger partial charge on any atom is -0.368 e. The number of rotatable bonds is 1. The van der Waals surface area contributed by atoms with Gasteiger partial charge in [0.2, 0.25) is 0 Å². The third-order valence-electron chi connectivity index (χ3n) is 2.93. The second-order valence-corrected chi connectivity index (χ2v) is 5.08. The summed E-state index contributed by atoms with van der Waals surface area (Å²) < 4.78 is 0.966. The Bertz CT molecular complexity index is 612. The highest BCUT2D eigenvalue weighted by atomic mass is 79.9. The summed E-state index contributed by atoms with van der Waals surface area (Å²) >= 11 is 3.42. The lowest BCUT2D eigenvalue weighted by molar-refractivity contribution is -0.117. The Balaban J connectivity index is 1.98. The standard InChI is InChI=1S/C14H11BrN2O/c15-10-5-3-4-9(8-10)13-14(18)17-12-7-2-1-6-11(12)16-13/h1-8,13,16H,(H,17,18)/t13-/m1/s1. The van der Waals surface area contributed by atoms with Gasteiger partial charge < -0.3 is 10.6 Å². The second kappa shape index (κ2) is 4.46. The average Bonchev–Trinajstić information content (AvgIpc) is 2.38. The summed E-state index contributed by atoms with van der Waals surface area (Å²) in [6.07, 6.45) is 0. The molecule has 1 heterocycles. The van der Waals surface area contributed by atoms with E-state index in [1.807, 2.05) is 48.5 Å². The van der Waals surface area contributed by atoms with Crippen molar-refractivity contribution in [2.24, 2.45) is 0 Å². The predicted molar refractivity (Wildman–Crippen MR) is 75.6 cm³/mol. The second-order valence-electron chi connectivity index (χ2n) is 4.17. The van der Waals surface area contributed by atoms with Crippen LogP contribution in [0.1, 0.15) is 11.6 Å². The number of amides is 1. The van der Waals surface area contributed by atoms with Gasteiger partial charge in [-0.3, -0.25) is 4.79 Å². The van der Waals surface area contributed by atoms with Gasteiger partial charge in [-0.15, -0.1) is 0 Å². The number of anilines is 2. The molecule has 2 aromatic carbocycles. The fraction of sp³-hybridized carbons (Fsp3) is 0.0714. The maximum Gasteiger partial charge on any atom is 0.251 e. The van der Waals surface area contributed by atoms with Crippen molar-refractivity contribution in [1.29, 1.82) is 0 Å². The molecule has 2 N–H and O–H groups in total. The molecule has 1 atom stereocenters. The van der Waals surface area contributed by atoms with Gasteiger partial charge in [0.05, 0.1) is 11.4 Å². The fourth-order valence-corrected chi connectivity index (χ4v) is 2.48. The Morgan fingerprint density at radius 2 is 1.78 bits per heavy atom. The van der Waals surface area contributed by atoms with Crippen LogP contribution in [-0.4, -0.2) is 5.91 Å². The van der Waals surface area contributed by atoms with Crippen LogP contribution in [0.4, 0.5) is 11.4 Å². The molecule has 1 aliphatic rings. The molecule has 0 unspecified atom stereocenters. The van der Waals surface area contributed by atoms with Crippen LogP contribution in [-0.2, 0) is 4.79 Å². The lowest BCUT2D eigenvalue weighted by Gasteiger charge is -2.27. The molecule has 0 saturated carbocycles. The van der Waals surface area contributed by atoms with Crippen LogP contribution in [0, 0.1) is 0 Å². The smallest absolute Gasteiger partial charge is 0.251 e. The van der Waals surface area contributed by atoms with Crippen LogP contribution < -0.4 is 10.6 Å². The van der Waals surface area contributed by atoms with Crippen LogP contribution in [0.15, 0.2) is 53.0 Å². The molecular formula is C14H11BrN2O. The van der Waals surface area contributed by atoms with Gasteiger partial charge in [0.15, 0.2) is 0 Å². The first-order valence-electron chi connectivity index (χ1n) is 5.66. The van der Waals surface area contributed by atoms with E-state index in [0.717, 1.165) is 21.4 Å². The van der Waals surface area contributed by atoms with E-state index >= 15 is 0 Å². The largest absolute Gasteiger partial charge is 0.368 e. The van der Waals surface area contributed by atoms with Gasteiger partial charge in [-0.25, -0.2) is 0 Å². The van der Waals surface area contributed by atoms with Crippen molar-refractivity contribution in [2.45, 2.75) is 6.04 Å². The predicted octanol–water partition coefficient (Wildman–Crippen LogP) is 3.55. The van der Waals surface area contributed by atoms with Crippen molar-refractivity contribution in [2.75, 3.05) is 10.6 Å². The Morgan fingerprint density at radius 3 is 2.56 bits per heavy atom. The van der Waals surface area contributed by atoms with E-state index in [2.05, 4.69) is 26.6 Å². The molecule has 90 valence electrons. The maximum absolute atomic E-state index is 12.1. The molecule has 0 saturated heterocycles. The lowest BCUT2D eigenvalue weighted by atomic mass is 10.0. The summed E-state index contributed by atoms with van der Waals surface area (Å²) in [6.45, 7) is 0. The molecule has 3 rings (SSSR count).